The Morgan fingerprint density at radius 1 is 0.523 bits per heavy atom. The quantitative estimate of drug-likeness (QED) is 0.0748. The van der Waals surface area contributed by atoms with E-state index in [0.717, 1.165) is 86.6 Å². The number of hydrogen-bond donors (Lipinski definition) is 6. The number of amides is 2. The second kappa shape index (κ2) is 19.3. The van der Waals surface area contributed by atoms with Crippen LogP contribution in [0.4, 0.5) is 22.7 Å². The predicted molar refractivity (Wildman–Crippen MR) is 260 cm³/mol. The van der Waals surface area contributed by atoms with Crippen molar-refractivity contribution in [2.75, 3.05) is 60.5 Å². The number of piperidine rings is 2. The molecule has 2 amide bonds. The van der Waals surface area contributed by atoms with E-state index in [1.54, 1.807) is 36.4 Å². The Kier molecular flexibility index (Phi) is 12.8. The van der Waals surface area contributed by atoms with Crippen LogP contribution in [-0.4, -0.2) is 93.5 Å². The van der Waals surface area contributed by atoms with E-state index in [0.29, 0.717) is 42.0 Å². The topological polar surface area (TPSA) is 151 Å². The molecule has 332 valence electrons. The fourth-order valence-electron chi connectivity index (χ4n) is 9.52. The third-order valence-electron chi connectivity index (χ3n) is 12.7. The first-order valence-electron chi connectivity index (χ1n) is 22.6. The Morgan fingerprint density at radius 3 is 1.62 bits per heavy atom. The maximum absolute atomic E-state index is 12.8. The van der Waals surface area contributed by atoms with Crippen molar-refractivity contribution in [2.45, 2.75) is 51.2 Å². The van der Waals surface area contributed by atoms with Crippen molar-refractivity contribution in [1.29, 1.82) is 0 Å². The van der Waals surface area contributed by atoms with E-state index in [9.17, 15) is 24.6 Å². The van der Waals surface area contributed by atoms with Gasteiger partial charge in [0.1, 0.15) is 11.5 Å². The third kappa shape index (κ3) is 9.99. The van der Waals surface area contributed by atoms with Gasteiger partial charge < -0.3 is 36.0 Å². The number of anilines is 4. The number of hydrogen-bond acceptors (Lipinski definition) is 9. The van der Waals surface area contributed by atoms with Crippen LogP contribution in [0.2, 0.25) is 0 Å². The summed E-state index contributed by atoms with van der Waals surface area (Å²) in [6, 6.07) is 42.7. The van der Waals surface area contributed by atoms with E-state index in [1.165, 1.54) is 21.8 Å². The highest BCUT2D eigenvalue weighted by Crippen LogP contribution is 2.38. The van der Waals surface area contributed by atoms with E-state index >= 15 is 0 Å². The lowest BCUT2D eigenvalue weighted by Gasteiger charge is -2.32. The smallest absolute Gasteiger partial charge is 0.238 e. The fraction of sp³-hybridized carbons (Fsp3) is 0.264. The van der Waals surface area contributed by atoms with Crippen molar-refractivity contribution in [2.24, 2.45) is 0 Å². The van der Waals surface area contributed by atoms with Crippen LogP contribution in [0.25, 0.3) is 32.9 Å². The van der Waals surface area contributed by atoms with Crippen LogP contribution in [-0.2, 0) is 16.1 Å². The minimum atomic E-state index is -0.0538. The number of carbonyl (C=O) groups excluding carboxylic acids is 3. The minimum absolute atomic E-state index is 0.0213. The highest BCUT2D eigenvalue weighted by atomic mass is 16.3. The summed E-state index contributed by atoms with van der Waals surface area (Å²) in [7, 11) is 0. The molecule has 12 nitrogen and oxygen atoms in total. The van der Waals surface area contributed by atoms with E-state index in [-0.39, 0.29) is 29.1 Å². The molecular formula is C53H55N7O5. The molecule has 1 aromatic heterocycles. The molecular weight excluding hydrogens is 815 g/mol. The number of fused-ring (bicyclic) bond motifs is 6. The second-order valence-electron chi connectivity index (χ2n) is 17.2. The van der Waals surface area contributed by atoms with Gasteiger partial charge in [0.05, 0.1) is 13.1 Å². The maximum atomic E-state index is 12.8. The number of benzene rings is 6. The number of rotatable bonds is 11. The van der Waals surface area contributed by atoms with Gasteiger partial charge in [-0.25, -0.2) is 0 Å². The lowest BCUT2D eigenvalue weighted by molar-refractivity contribution is -0.118. The summed E-state index contributed by atoms with van der Waals surface area (Å²) in [5.74, 6) is 0.528. The summed E-state index contributed by atoms with van der Waals surface area (Å²) in [5.41, 5.74) is 9.01. The van der Waals surface area contributed by atoms with Gasteiger partial charge in [-0.15, -0.1) is 0 Å². The van der Waals surface area contributed by atoms with Crippen molar-refractivity contribution in [3.8, 4) is 22.6 Å². The van der Waals surface area contributed by atoms with Gasteiger partial charge in [-0.05, 0) is 110 Å². The molecule has 6 aromatic carbocycles. The Balaban J connectivity index is 0.000000164. The number of aromatic nitrogens is 1. The molecule has 1 aliphatic carbocycles. The fourth-order valence-corrected chi connectivity index (χ4v) is 9.52. The number of nitrogens with one attached hydrogen (secondary N) is 4. The van der Waals surface area contributed by atoms with Gasteiger partial charge in [-0.1, -0.05) is 54.6 Å². The lowest BCUT2D eigenvalue weighted by Crippen LogP contribution is -2.42. The van der Waals surface area contributed by atoms with Crippen molar-refractivity contribution < 1.29 is 24.6 Å². The highest BCUT2D eigenvalue weighted by molar-refractivity contribution is 6.22. The van der Waals surface area contributed by atoms with Crippen LogP contribution in [0.5, 0.6) is 11.5 Å². The number of phenols is 2. The Bertz CT molecular complexity index is 2860. The van der Waals surface area contributed by atoms with Crippen molar-refractivity contribution in [1.82, 2.24) is 14.4 Å². The molecule has 0 radical (unpaired) electrons. The first-order valence-corrected chi connectivity index (χ1v) is 22.6. The van der Waals surface area contributed by atoms with Crippen LogP contribution >= 0.6 is 0 Å². The zero-order valence-electron chi connectivity index (χ0n) is 36.6. The monoisotopic (exact) mass is 869 g/mol. The molecule has 10 rings (SSSR count). The molecule has 3 heterocycles. The van der Waals surface area contributed by atoms with E-state index < -0.39 is 0 Å². The van der Waals surface area contributed by atoms with Gasteiger partial charge in [0.15, 0.2) is 5.78 Å². The average Bonchev–Trinajstić information content (AvgIpc) is 3.78. The number of phenolic OH excluding ortho intramolecular Hbond substituents is 2. The number of likely N-dealkylation sites (tertiary alicyclic amines) is 2. The SMILES string of the molecule is CCn1c2ccccc2c2cc(NC(=O)CN3CCC(Nc4cccc(O)c4)CC3)ccc21.O=C(CN1CCC(Nc2cccc(O)c2)CC1)Nc1ccc2c(c1)-c1ccccc1C2=O. The number of aryl methyl sites for hydroxylation is 1. The predicted octanol–water partition coefficient (Wildman–Crippen LogP) is 9.15. The lowest BCUT2D eigenvalue weighted by atomic mass is 10.0. The Morgan fingerprint density at radius 2 is 1.03 bits per heavy atom. The molecule has 2 fully saturated rings. The molecule has 7 aromatic rings. The zero-order chi connectivity index (χ0) is 44.9. The van der Waals surface area contributed by atoms with Gasteiger partial charge in [0.25, 0.3) is 0 Å². The van der Waals surface area contributed by atoms with Gasteiger partial charge in [-0.3, -0.25) is 24.2 Å². The summed E-state index contributed by atoms with van der Waals surface area (Å²) in [4.78, 5) is 42.3. The van der Waals surface area contributed by atoms with Gasteiger partial charge in [0, 0.05) is 113 Å². The van der Waals surface area contributed by atoms with E-state index in [2.05, 4.69) is 79.0 Å². The number of ketones is 1. The molecule has 0 unspecified atom stereocenters. The Hall–Kier alpha value is -7.15. The maximum Gasteiger partial charge on any atom is 0.238 e. The first-order chi connectivity index (χ1) is 31.7. The van der Waals surface area contributed by atoms with Gasteiger partial charge in [-0.2, -0.15) is 0 Å². The number of para-hydroxylation sites is 1. The summed E-state index contributed by atoms with van der Waals surface area (Å²) < 4.78 is 2.31. The van der Waals surface area contributed by atoms with Crippen LogP contribution in [0, 0.1) is 0 Å². The Labute approximate surface area is 378 Å². The standard InChI is InChI=1S/C27H30N4O2.C26H25N3O3/c1-2-31-25-9-4-3-8-23(25)24-17-21(10-11-26(24)31)29-27(33)18-30-14-12-19(13-15-30)28-20-6-5-7-22(32)16-20;30-20-5-3-4-18(14-20)27-17-10-12-29(13-11-17)16-25(31)28-19-8-9-23-24(15-19)21-6-1-2-7-22(21)26(23)32/h3-11,16-17,19,28,32H,2,12-15,18H2,1H3,(H,29,33);1-9,14-15,17,27,30H,10-13,16H2,(H,28,31). The van der Waals surface area contributed by atoms with Crippen molar-refractivity contribution in [3.63, 3.8) is 0 Å². The summed E-state index contributed by atoms with van der Waals surface area (Å²) in [6.45, 7) is 7.20. The van der Waals surface area contributed by atoms with Gasteiger partial charge >= 0.3 is 0 Å². The zero-order valence-corrected chi connectivity index (χ0v) is 36.6. The molecule has 0 bridgehead atoms. The normalized spacial score (nSPS) is 15.5. The van der Waals surface area contributed by atoms with Crippen LogP contribution < -0.4 is 21.3 Å². The third-order valence-corrected chi connectivity index (χ3v) is 12.7. The largest absolute Gasteiger partial charge is 0.508 e. The summed E-state index contributed by atoms with van der Waals surface area (Å²) in [5, 5.41) is 34.7. The molecule has 12 heteroatoms. The minimum Gasteiger partial charge on any atom is -0.508 e. The van der Waals surface area contributed by atoms with Crippen molar-refractivity contribution >= 4 is 62.2 Å². The number of nitrogens with zero attached hydrogens (tertiary/aromatic N) is 3. The molecule has 65 heavy (non-hydrogen) atoms. The number of aromatic hydroxyl groups is 2. The molecule has 3 aliphatic rings. The molecule has 2 saturated heterocycles. The first kappa shape index (κ1) is 43.1. The molecule has 0 spiro atoms. The summed E-state index contributed by atoms with van der Waals surface area (Å²) in [6.07, 6.45) is 3.79. The molecule has 0 saturated carbocycles. The van der Waals surface area contributed by atoms with Crippen LogP contribution in [0.3, 0.4) is 0 Å². The van der Waals surface area contributed by atoms with E-state index in [1.807, 2.05) is 60.7 Å². The molecule has 2 aliphatic heterocycles. The summed E-state index contributed by atoms with van der Waals surface area (Å²) >= 11 is 0. The van der Waals surface area contributed by atoms with Crippen LogP contribution in [0.1, 0.15) is 48.5 Å². The highest BCUT2D eigenvalue weighted by Gasteiger charge is 2.27. The van der Waals surface area contributed by atoms with Crippen molar-refractivity contribution in [3.05, 3.63) is 145 Å². The van der Waals surface area contributed by atoms with Gasteiger partial charge in [0.2, 0.25) is 11.8 Å². The average molecular weight is 870 g/mol. The second-order valence-corrected chi connectivity index (χ2v) is 17.2. The van der Waals surface area contributed by atoms with Crippen LogP contribution in [0.15, 0.2) is 133 Å². The molecule has 6 N–H and O–H groups in total. The molecule has 0 atom stereocenters. The van der Waals surface area contributed by atoms with E-state index in [4.69, 9.17) is 0 Å². The number of carbonyl (C=O) groups is 3.